The zero-order valence-corrected chi connectivity index (χ0v) is 5.80. The van der Waals surface area contributed by atoms with Crippen molar-refractivity contribution in [1.82, 2.24) is 10.2 Å². The Labute approximate surface area is 59.6 Å². The first kappa shape index (κ1) is 4.94. The van der Waals surface area contributed by atoms with Crippen LogP contribution in [0.5, 0.6) is 0 Å². The summed E-state index contributed by atoms with van der Waals surface area (Å²) in [6.45, 7) is 0. The SMILES string of the molecule is c1n[nH]c2c1CC1CC2C1. The Morgan fingerprint density at radius 2 is 2.40 bits per heavy atom. The molecule has 0 unspecified atom stereocenters. The van der Waals surface area contributed by atoms with E-state index in [0.717, 1.165) is 11.8 Å². The molecular formula is C8H10N2. The highest BCUT2D eigenvalue weighted by atomic mass is 15.1. The lowest BCUT2D eigenvalue weighted by Gasteiger charge is -2.40. The minimum absolute atomic E-state index is 0.844. The van der Waals surface area contributed by atoms with Gasteiger partial charge in [-0.1, -0.05) is 0 Å². The van der Waals surface area contributed by atoms with Crippen molar-refractivity contribution >= 4 is 0 Å². The smallest absolute Gasteiger partial charge is 0.0522 e. The maximum Gasteiger partial charge on any atom is 0.0522 e. The number of rotatable bonds is 0. The van der Waals surface area contributed by atoms with Crippen molar-refractivity contribution in [2.24, 2.45) is 5.92 Å². The molecular weight excluding hydrogens is 124 g/mol. The third-order valence-corrected chi connectivity index (χ3v) is 2.90. The number of nitrogens with one attached hydrogen (secondary N) is 1. The van der Waals surface area contributed by atoms with Gasteiger partial charge in [0.25, 0.3) is 0 Å². The molecule has 1 heterocycles. The molecule has 0 saturated heterocycles. The number of hydrogen-bond acceptors (Lipinski definition) is 1. The van der Waals surface area contributed by atoms with Crippen LogP contribution < -0.4 is 0 Å². The third kappa shape index (κ3) is 0.437. The molecule has 1 N–H and O–H groups in total. The van der Waals surface area contributed by atoms with Gasteiger partial charge in [-0.05, 0) is 30.7 Å². The number of aromatic amines is 1. The number of aromatic nitrogens is 2. The first-order valence-corrected chi connectivity index (χ1v) is 3.95. The predicted octanol–water partition coefficient (Wildman–Crippen LogP) is 1.46. The summed E-state index contributed by atoms with van der Waals surface area (Å²) in [4.78, 5) is 0. The lowest BCUT2D eigenvalue weighted by molar-refractivity contribution is 0.233. The summed E-state index contributed by atoms with van der Waals surface area (Å²) in [6.07, 6.45) is 6.10. The van der Waals surface area contributed by atoms with Gasteiger partial charge in [0.2, 0.25) is 0 Å². The molecule has 2 bridgehead atoms. The van der Waals surface area contributed by atoms with Crippen LogP contribution in [0.2, 0.25) is 0 Å². The molecule has 52 valence electrons. The largest absolute Gasteiger partial charge is 0.282 e. The summed E-state index contributed by atoms with van der Waals surface area (Å²) in [5.74, 6) is 1.84. The Kier molecular flexibility index (Phi) is 0.712. The van der Waals surface area contributed by atoms with Gasteiger partial charge in [0.15, 0.2) is 0 Å². The van der Waals surface area contributed by atoms with Gasteiger partial charge in [-0.2, -0.15) is 5.10 Å². The molecule has 0 atom stereocenters. The molecule has 2 nitrogen and oxygen atoms in total. The topological polar surface area (TPSA) is 28.7 Å². The van der Waals surface area contributed by atoms with E-state index in [9.17, 15) is 0 Å². The van der Waals surface area contributed by atoms with Gasteiger partial charge < -0.3 is 0 Å². The molecule has 0 amide bonds. The van der Waals surface area contributed by atoms with Crippen molar-refractivity contribution in [3.63, 3.8) is 0 Å². The number of hydrogen-bond donors (Lipinski definition) is 1. The van der Waals surface area contributed by atoms with Crippen LogP contribution in [-0.2, 0) is 6.42 Å². The second-order valence-corrected chi connectivity index (χ2v) is 3.55. The second kappa shape index (κ2) is 1.44. The van der Waals surface area contributed by atoms with Crippen molar-refractivity contribution in [3.8, 4) is 0 Å². The van der Waals surface area contributed by atoms with Gasteiger partial charge in [-0.25, -0.2) is 0 Å². The predicted molar refractivity (Wildman–Crippen MR) is 37.8 cm³/mol. The molecule has 2 heteroatoms. The molecule has 1 aromatic rings. The number of nitrogens with zero attached hydrogens (tertiary/aromatic N) is 1. The standard InChI is InChI=1S/C8H10N2/c1-5-2-6(1)8-7(3-5)4-9-10-8/h4-6H,1-3H2,(H,9,10). The van der Waals surface area contributed by atoms with E-state index in [4.69, 9.17) is 0 Å². The Morgan fingerprint density at radius 3 is 3.20 bits per heavy atom. The molecule has 3 aliphatic carbocycles. The van der Waals surface area contributed by atoms with Crippen LogP contribution in [0.15, 0.2) is 6.20 Å². The zero-order valence-electron chi connectivity index (χ0n) is 5.80. The molecule has 4 rings (SSSR count). The molecule has 0 aliphatic heterocycles. The van der Waals surface area contributed by atoms with E-state index in [1.165, 1.54) is 30.5 Å². The van der Waals surface area contributed by atoms with Crippen molar-refractivity contribution in [2.45, 2.75) is 25.2 Å². The lowest BCUT2D eigenvalue weighted by atomic mass is 9.65. The Balaban J connectivity index is 2.17. The van der Waals surface area contributed by atoms with E-state index < -0.39 is 0 Å². The Morgan fingerprint density at radius 1 is 1.50 bits per heavy atom. The van der Waals surface area contributed by atoms with Crippen LogP contribution in [-0.4, -0.2) is 10.2 Å². The number of H-pyrrole nitrogens is 1. The van der Waals surface area contributed by atoms with Crippen molar-refractivity contribution < 1.29 is 0 Å². The van der Waals surface area contributed by atoms with E-state index in [1.54, 1.807) is 0 Å². The van der Waals surface area contributed by atoms with Crippen molar-refractivity contribution in [1.29, 1.82) is 0 Å². The van der Waals surface area contributed by atoms with Gasteiger partial charge in [-0.15, -0.1) is 0 Å². The van der Waals surface area contributed by atoms with Gasteiger partial charge in [0, 0.05) is 11.6 Å². The van der Waals surface area contributed by atoms with E-state index in [1.807, 2.05) is 6.20 Å². The molecule has 1 aromatic heterocycles. The quantitative estimate of drug-likeness (QED) is 0.571. The minimum Gasteiger partial charge on any atom is -0.282 e. The van der Waals surface area contributed by atoms with E-state index in [2.05, 4.69) is 10.2 Å². The Bertz CT molecular complexity index is 258. The third-order valence-electron chi connectivity index (χ3n) is 2.90. The van der Waals surface area contributed by atoms with Gasteiger partial charge >= 0.3 is 0 Å². The summed E-state index contributed by atoms with van der Waals surface area (Å²) in [7, 11) is 0. The van der Waals surface area contributed by atoms with Crippen LogP contribution in [0.4, 0.5) is 0 Å². The summed E-state index contributed by atoms with van der Waals surface area (Å²) in [6, 6.07) is 0. The monoisotopic (exact) mass is 134 g/mol. The average molecular weight is 134 g/mol. The van der Waals surface area contributed by atoms with Crippen molar-refractivity contribution in [3.05, 3.63) is 17.5 Å². The summed E-state index contributed by atoms with van der Waals surface area (Å²) < 4.78 is 0. The first-order chi connectivity index (χ1) is 4.93. The van der Waals surface area contributed by atoms with Crippen LogP contribution in [0, 0.1) is 5.92 Å². The fraction of sp³-hybridized carbons (Fsp3) is 0.625. The molecule has 1 saturated carbocycles. The van der Waals surface area contributed by atoms with Gasteiger partial charge in [0.05, 0.1) is 6.20 Å². The highest BCUT2D eigenvalue weighted by Crippen LogP contribution is 2.48. The fourth-order valence-electron chi connectivity index (χ4n) is 2.29. The highest BCUT2D eigenvalue weighted by molar-refractivity contribution is 5.28. The van der Waals surface area contributed by atoms with Crippen molar-refractivity contribution in [2.75, 3.05) is 0 Å². The first-order valence-electron chi connectivity index (χ1n) is 3.95. The maximum atomic E-state index is 4.06. The molecule has 0 spiro atoms. The van der Waals surface area contributed by atoms with Crippen LogP contribution >= 0.6 is 0 Å². The summed E-state index contributed by atoms with van der Waals surface area (Å²) >= 11 is 0. The lowest BCUT2D eigenvalue weighted by Crippen LogP contribution is -2.29. The average Bonchev–Trinajstić information content (AvgIpc) is 2.29. The molecule has 0 radical (unpaired) electrons. The van der Waals surface area contributed by atoms with E-state index >= 15 is 0 Å². The van der Waals surface area contributed by atoms with Crippen LogP contribution in [0.25, 0.3) is 0 Å². The summed E-state index contributed by atoms with van der Waals surface area (Å²) in [5.41, 5.74) is 2.91. The molecule has 0 aromatic carbocycles. The normalized spacial score (nSPS) is 34.8. The minimum atomic E-state index is 0.844. The fourth-order valence-corrected chi connectivity index (χ4v) is 2.29. The summed E-state index contributed by atoms with van der Waals surface area (Å²) in [5, 5.41) is 7.15. The second-order valence-electron chi connectivity index (χ2n) is 3.55. The highest BCUT2D eigenvalue weighted by Gasteiger charge is 2.37. The molecule has 1 fully saturated rings. The molecule has 3 aliphatic rings. The molecule has 10 heavy (non-hydrogen) atoms. The maximum absolute atomic E-state index is 4.06. The van der Waals surface area contributed by atoms with E-state index in [0.29, 0.717) is 0 Å². The van der Waals surface area contributed by atoms with Crippen LogP contribution in [0.1, 0.15) is 30.0 Å². The zero-order chi connectivity index (χ0) is 6.55. The van der Waals surface area contributed by atoms with Gasteiger partial charge in [-0.3, -0.25) is 5.10 Å². The van der Waals surface area contributed by atoms with Gasteiger partial charge in [0.1, 0.15) is 0 Å². The van der Waals surface area contributed by atoms with Crippen LogP contribution in [0.3, 0.4) is 0 Å². The van der Waals surface area contributed by atoms with E-state index in [-0.39, 0.29) is 0 Å². The Hall–Kier alpha value is -0.790.